The SMILES string of the molecule is CN(C)C(=O)CN1CCC(NC2CCCCCC2)CC1. The molecular weight excluding hydrogens is 250 g/mol. The molecule has 0 aromatic heterocycles. The quantitative estimate of drug-likeness (QED) is 0.799. The molecule has 4 heteroatoms. The van der Waals surface area contributed by atoms with Gasteiger partial charge in [-0.15, -0.1) is 0 Å². The molecule has 1 amide bonds. The van der Waals surface area contributed by atoms with Crippen LogP contribution in [0.2, 0.25) is 0 Å². The summed E-state index contributed by atoms with van der Waals surface area (Å²) in [7, 11) is 3.67. The Balaban J connectivity index is 1.67. The van der Waals surface area contributed by atoms with Gasteiger partial charge < -0.3 is 10.2 Å². The molecule has 20 heavy (non-hydrogen) atoms. The van der Waals surface area contributed by atoms with Crippen molar-refractivity contribution in [2.24, 2.45) is 0 Å². The summed E-state index contributed by atoms with van der Waals surface area (Å²) in [5, 5.41) is 3.87. The van der Waals surface area contributed by atoms with Crippen molar-refractivity contribution in [3.05, 3.63) is 0 Å². The van der Waals surface area contributed by atoms with E-state index >= 15 is 0 Å². The average molecular weight is 281 g/mol. The third-order valence-electron chi connectivity index (χ3n) is 4.77. The van der Waals surface area contributed by atoms with Gasteiger partial charge in [0.1, 0.15) is 0 Å². The van der Waals surface area contributed by atoms with E-state index in [-0.39, 0.29) is 5.91 Å². The summed E-state index contributed by atoms with van der Waals surface area (Å²) >= 11 is 0. The van der Waals surface area contributed by atoms with Crippen molar-refractivity contribution in [3.8, 4) is 0 Å². The lowest BCUT2D eigenvalue weighted by molar-refractivity contribution is -0.130. The van der Waals surface area contributed by atoms with Crippen molar-refractivity contribution in [1.29, 1.82) is 0 Å². The standard InChI is InChI=1S/C16H31N3O/c1-18(2)16(20)13-19-11-9-15(10-12-19)17-14-7-5-3-4-6-8-14/h14-15,17H,3-13H2,1-2H3. The normalized spacial score (nSPS) is 23.5. The van der Waals surface area contributed by atoms with Crippen LogP contribution in [0, 0.1) is 0 Å². The summed E-state index contributed by atoms with van der Waals surface area (Å²) in [6.45, 7) is 2.71. The number of rotatable bonds is 4. The molecule has 1 saturated heterocycles. The molecule has 2 fully saturated rings. The number of amides is 1. The Bertz CT molecular complexity index is 290. The highest BCUT2D eigenvalue weighted by Crippen LogP contribution is 2.19. The number of hydrogen-bond donors (Lipinski definition) is 1. The van der Waals surface area contributed by atoms with Crippen LogP contribution in [-0.2, 0) is 4.79 Å². The smallest absolute Gasteiger partial charge is 0.236 e. The van der Waals surface area contributed by atoms with Gasteiger partial charge >= 0.3 is 0 Å². The second-order valence-electron chi connectivity index (χ2n) is 6.69. The number of carbonyl (C=O) groups excluding carboxylic acids is 1. The van der Waals surface area contributed by atoms with Crippen molar-refractivity contribution in [2.75, 3.05) is 33.7 Å². The van der Waals surface area contributed by atoms with Crippen LogP contribution in [0.25, 0.3) is 0 Å². The lowest BCUT2D eigenvalue weighted by atomic mass is 10.0. The van der Waals surface area contributed by atoms with Crippen LogP contribution in [0.4, 0.5) is 0 Å². The Labute approximate surface area is 123 Å². The minimum atomic E-state index is 0.222. The van der Waals surface area contributed by atoms with Gasteiger partial charge in [-0.05, 0) is 25.7 Å². The van der Waals surface area contributed by atoms with E-state index in [1.807, 2.05) is 14.1 Å². The van der Waals surface area contributed by atoms with E-state index < -0.39 is 0 Å². The molecule has 0 aromatic rings. The maximum absolute atomic E-state index is 11.7. The highest BCUT2D eigenvalue weighted by Gasteiger charge is 2.23. The van der Waals surface area contributed by atoms with Crippen LogP contribution < -0.4 is 5.32 Å². The minimum Gasteiger partial charge on any atom is -0.348 e. The largest absolute Gasteiger partial charge is 0.348 e. The molecular formula is C16H31N3O. The van der Waals surface area contributed by atoms with Gasteiger partial charge in [-0.1, -0.05) is 25.7 Å². The topological polar surface area (TPSA) is 35.6 Å². The van der Waals surface area contributed by atoms with E-state index in [4.69, 9.17) is 0 Å². The van der Waals surface area contributed by atoms with Crippen LogP contribution in [-0.4, -0.2) is 61.5 Å². The first-order valence-electron chi connectivity index (χ1n) is 8.33. The number of hydrogen-bond acceptors (Lipinski definition) is 3. The highest BCUT2D eigenvalue weighted by atomic mass is 16.2. The molecule has 2 aliphatic rings. The first kappa shape index (κ1) is 15.8. The maximum Gasteiger partial charge on any atom is 0.236 e. The molecule has 1 aliphatic carbocycles. The third-order valence-corrected chi connectivity index (χ3v) is 4.77. The van der Waals surface area contributed by atoms with E-state index in [9.17, 15) is 4.79 Å². The van der Waals surface area contributed by atoms with Crippen molar-refractivity contribution >= 4 is 5.91 Å². The number of likely N-dealkylation sites (N-methyl/N-ethyl adjacent to an activating group) is 1. The number of piperidine rings is 1. The Morgan fingerprint density at radius 2 is 1.55 bits per heavy atom. The maximum atomic E-state index is 11.7. The van der Waals surface area contributed by atoms with Gasteiger partial charge in [0.25, 0.3) is 0 Å². The van der Waals surface area contributed by atoms with E-state index in [1.165, 1.54) is 51.4 Å². The van der Waals surface area contributed by atoms with Crippen molar-refractivity contribution < 1.29 is 4.79 Å². The van der Waals surface area contributed by atoms with Gasteiger partial charge in [-0.2, -0.15) is 0 Å². The molecule has 0 unspecified atom stereocenters. The van der Waals surface area contributed by atoms with E-state index in [2.05, 4.69) is 10.2 Å². The predicted octanol–water partition coefficient (Wildman–Crippen LogP) is 1.85. The second-order valence-corrected chi connectivity index (χ2v) is 6.69. The second kappa shape index (κ2) is 7.99. The minimum absolute atomic E-state index is 0.222. The van der Waals surface area contributed by atoms with Crippen molar-refractivity contribution in [3.63, 3.8) is 0 Å². The number of nitrogens with one attached hydrogen (secondary N) is 1. The molecule has 0 atom stereocenters. The van der Waals surface area contributed by atoms with Crippen LogP contribution in [0.5, 0.6) is 0 Å². The molecule has 1 N–H and O–H groups in total. The first-order chi connectivity index (χ1) is 9.65. The number of carbonyl (C=O) groups is 1. The lowest BCUT2D eigenvalue weighted by Gasteiger charge is -2.34. The fourth-order valence-corrected chi connectivity index (χ4v) is 3.37. The Morgan fingerprint density at radius 1 is 1.00 bits per heavy atom. The molecule has 1 aliphatic heterocycles. The molecule has 0 bridgehead atoms. The predicted molar refractivity (Wildman–Crippen MR) is 82.8 cm³/mol. The molecule has 116 valence electrons. The Hall–Kier alpha value is -0.610. The summed E-state index contributed by atoms with van der Waals surface area (Å²) in [5.74, 6) is 0.222. The fourth-order valence-electron chi connectivity index (χ4n) is 3.37. The van der Waals surface area contributed by atoms with E-state index in [1.54, 1.807) is 4.90 Å². The molecule has 1 saturated carbocycles. The zero-order valence-electron chi connectivity index (χ0n) is 13.2. The summed E-state index contributed by atoms with van der Waals surface area (Å²) in [5.41, 5.74) is 0. The third kappa shape index (κ3) is 5.06. The van der Waals surface area contributed by atoms with E-state index in [0.717, 1.165) is 19.1 Å². The molecule has 4 nitrogen and oxygen atoms in total. The summed E-state index contributed by atoms with van der Waals surface area (Å²) in [6, 6.07) is 1.42. The Kier molecular flexibility index (Phi) is 6.30. The zero-order valence-corrected chi connectivity index (χ0v) is 13.2. The first-order valence-corrected chi connectivity index (χ1v) is 8.33. The average Bonchev–Trinajstić information content (AvgIpc) is 2.69. The van der Waals surface area contributed by atoms with Crippen molar-refractivity contribution in [1.82, 2.24) is 15.1 Å². The Morgan fingerprint density at radius 3 is 2.10 bits per heavy atom. The molecule has 2 rings (SSSR count). The van der Waals surface area contributed by atoms with Gasteiger partial charge in [-0.3, -0.25) is 9.69 Å². The summed E-state index contributed by atoms with van der Waals surface area (Å²) in [6.07, 6.45) is 10.7. The molecule has 1 heterocycles. The van der Waals surface area contributed by atoms with Crippen LogP contribution in [0.1, 0.15) is 51.4 Å². The van der Waals surface area contributed by atoms with Crippen LogP contribution in [0.15, 0.2) is 0 Å². The van der Waals surface area contributed by atoms with Crippen LogP contribution >= 0.6 is 0 Å². The number of likely N-dealkylation sites (tertiary alicyclic amines) is 1. The van der Waals surface area contributed by atoms with Gasteiger partial charge in [0, 0.05) is 39.3 Å². The van der Waals surface area contributed by atoms with Gasteiger partial charge in [0.2, 0.25) is 5.91 Å². The lowest BCUT2D eigenvalue weighted by Crippen LogP contribution is -2.48. The number of nitrogens with zero attached hydrogens (tertiary/aromatic N) is 2. The highest BCUT2D eigenvalue weighted by molar-refractivity contribution is 5.77. The van der Waals surface area contributed by atoms with Gasteiger partial charge in [0.15, 0.2) is 0 Å². The molecule has 0 aromatic carbocycles. The van der Waals surface area contributed by atoms with Gasteiger partial charge in [0.05, 0.1) is 6.54 Å². The van der Waals surface area contributed by atoms with Gasteiger partial charge in [-0.25, -0.2) is 0 Å². The molecule has 0 radical (unpaired) electrons. The molecule has 0 spiro atoms. The van der Waals surface area contributed by atoms with Crippen LogP contribution in [0.3, 0.4) is 0 Å². The summed E-state index contributed by atoms with van der Waals surface area (Å²) in [4.78, 5) is 15.7. The summed E-state index contributed by atoms with van der Waals surface area (Å²) < 4.78 is 0. The zero-order chi connectivity index (χ0) is 14.4. The fraction of sp³-hybridized carbons (Fsp3) is 0.938. The van der Waals surface area contributed by atoms with E-state index in [0.29, 0.717) is 12.6 Å². The van der Waals surface area contributed by atoms with Crippen molar-refractivity contribution in [2.45, 2.75) is 63.5 Å². The monoisotopic (exact) mass is 281 g/mol.